The van der Waals surface area contributed by atoms with Crippen LogP contribution in [-0.2, 0) is 4.79 Å². The van der Waals surface area contributed by atoms with Gasteiger partial charge in [-0.05, 0) is 99.5 Å². The summed E-state index contributed by atoms with van der Waals surface area (Å²) < 4.78 is 26.7. The van der Waals surface area contributed by atoms with Crippen molar-refractivity contribution in [1.29, 1.82) is 5.26 Å². The number of hydrogen-bond acceptors (Lipinski definition) is 9. The molecule has 0 unspecified atom stereocenters. The fraction of sp³-hybridized carbons (Fsp3) is 0.269. The molecule has 0 amide bonds. The maximum atomic E-state index is 11.7. The van der Waals surface area contributed by atoms with Gasteiger partial charge in [0.05, 0.1) is 35.7 Å². The van der Waals surface area contributed by atoms with Crippen molar-refractivity contribution in [3.8, 4) is 51.5 Å². The van der Waals surface area contributed by atoms with Gasteiger partial charge in [0.1, 0.15) is 45.7 Å². The van der Waals surface area contributed by atoms with Gasteiger partial charge < -0.3 is 28.3 Å². The first-order valence-electron chi connectivity index (χ1n) is 21.5. The zero-order valence-electron chi connectivity index (χ0n) is 35.8. The number of unbranched alkanes of at least 4 members (excludes halogenated alkanes) is 6. The van der Waals surface area contributed by atoms with E-state index >= 15 is 0 Å². The Morgan fingerprint density at radius 1 is 0.645 bits per heavy atom. The van der Waals surface area contributed by atoms with Gasteiger partial charge in [0.15, 0.2) is 11.5 Å². The van der Waals surface area contributed by atoms with Crippen LogP contribution in [0.5, 0.6) is 11.5 Å². The van der Waals surface area contributed by atoms with Crippen LogP contribution >= 0.6 is 0 Å². The van der Waals surface area contributed by atoms with Crippen LogP contribution in [0.1, 0.15) is 82.4 Å². The number of aromatic nitrogens is 2. The minimum absolute atomic E-state index is 0.196. The van der Waals surface area contributed by atoms with Crippen molar-refractivity contribution in [2.24, 2.45) is 0 Å². The average molecular weight is 829 g/mol. The lowest BCUT2D eigenvalue weighted by Gasteiger charge is -2.25. The monoisotopic (exact) mass is 828 g/mol. The summed E-state index contributed by atoms with van der Waals surface area (Å²) in [5.41, 5.74) is 7.19. The van der Waals surface area contributed by atoms with Crippen LogP contribution in [0.2, 0.25) is 0 Å². The number of carboxylic acid groups (broad SMARTS) is 1. The highest BCUT2D eigenvalue weighted by Gasteiger charge is 2.30. The van der Waals surface area contributed by atoms with Crippen molar-refractivity contribution in [1.82, 2.24) is 9.97 Å². The third-order valence-electron chi connectivity index (χ3n) is 10.7. The number of nitriles is 1. The van der Waals surface area contributed by atoms with E-state index in [9.17, 15) is 15.2 Å². The number of carboxylic acids is 1. The number of aryl methyl sites for hydroxylation is 2. The number of carbonyl (C=O) groups is 1. The minimum Gasteiger partial charge on any atom is -0.489 e. The van der Waals surface area contributed by atoms with Crippen molar-refractivity contribution >= 4 is 40.1 Å². The Labute approximate surface area is 363 Å². The molecule has 1 N–H and O–H groups in total. The second-order valence-electron chi connectivity index (χ2n) is 15.2. The summed E-state index contributed by atoms with van der Waals surface area (Å²) >= 11 is 0. The SMILES string of the molecule is CCCCCCOc1c(OCCCCCC)c(-c2ccc(-c3ccc(N(c4ccccc4)c4ccccc4)cc3)o2)c2nc(C)c(C)nc2c1-c1ccc(/C=C(\C#N)C(=O)O)o1. The van der Waals surface area contributed by atoms with E-state index < -0.39 is 11.5 Å². The number of hydrogen-bond donors (Lipinski definition) is 1. The summed E-state index contributed by atoms with van der Waals surface area (Å²) in [6.07, 6.45) is 9.18. The largest absolute Gasteiger partial charge is 0.489 e. The summed E-state index contributed by atoms with van der Waals surface area (Å²) in [5.74, 6) is 1.32. The molecule has 0 bridgehead atoms. The molecule has 0 fully saturated rings. The molecule has 0 aliphatic heterocycles. The van der Waals surface area contributed by atoms with Gasteiger partial charge in [-0.3, -0.25) is 0 Å². The van der Waals surface area contributed by atoms with Crippen LogP contribution in [0.15, 0.2) is 124 Å². The minimum atomic E-state index is -1.35. The molecule has 10 nitrogen and oxygen atoms in total. The van der Waals surface area contributed by atoms with Gasteiger partial charge in [0.25, 0.3) is 0 Å². The number of ether oxygens (including phenoxy) is 2. The molecular formula is C52H52N4O6. The molecular weight excluding hydrogens is 777 g/mol. The highest BCUT2D eigenvalue weighted by molar-refractivity contribution is 6.06. The number of para-hydroxylation sites is 2. The molecule has 7 rings (SSSR count). The Morgan fingerprint density at radius 3 is 1.63 bits per heavy atom. The van der Waals surface area contributed by atoms with E-state index in [1.54, 1.807) is 18.2 Å². The van der Waals surface area contributed by atoms with Crippen LogP contribution < -0.4 is 14.4 Å². The number of nitrogens with zero attached hydrogens (tertiary/aromatic N) is 4. The average Bonchev–Trinajstić information content (AvgIpc) is 3.97. The predicted molar refractivity (Wildman–Crippen MR) is 245 cm³/mol. The van der Waals surface area contributed by atoms with Crippen LogP contribution in [0, 0.1) is 25.2 Å². The van der Waals surface area contributed by atoms with Crippen molar-refractivity contribution in [3.05, 3.63) is 132 Å². The molecule has 0 atom stereocenters. The summed E-state index contributed by atoms with van der Waals surface area (Å²) in [6, 6.07) is 37.9. The van der Waals surface area contributed by atoms with Crippen LogP contribution in [-0.4, -0.2) is 34.3 Å². The molecule has 0 aliphatic carbocycles. The zero-order chi connectivity index (χ0) is 43.4. The molecule has 0 spiro atoms. The molecule has 0 saturated carbocycles. The summed E-state index contributed by atoms with van der Waals surface area (Å²) in [5, 5.41) is 19.0. The molecule has 0 saturated heterocycles. The van der Waals surface area contributed by atoms with Gasteiger partial charge in [0.2, 0.25) is 0 Å². The van der Waals surface area contributed by atoms with E-state index in [-0.39, 0.29) is 5.76 Å². The third-order valence-corrected chi connectivity index (χ3v) is 10.7. The summed E-state index contributed by atoms with van der Waals surface area (Å²) in [7, 11) is 0. The van der Waals surface area contributed by atoms with Crippen LogP contribution in [0.3, 0.4) is 0 Å². The fourth-order valence-electron chi connectivity index (χ4n) is 7.38. The maximum absolute atomic E-state index is 11.7. The van der Waals surface area contributed by atoms with Crippen molar-refractivity contribution in [2.75, 3.05) is 18.1 Å². The zero-order valence-corrected chi connectivity index (χ0v) is 35.8. The van der Waals surface area contributed by atoms with Crippen LogP contribution in [0.25, 0.3) is 51.1 Å². The third kappa shape index (κ3) is 9.74. The summed E-state index contributed by atoms with van der Waals surface area (Å²) in [4.78, 5) is 24.2. The number of aliphatic carboxylic acids is 1. The highest BCUT2D eigenvalue weighted by Crippen LogP contribution is 2.51. The molecule has 3 aromatic heterocycles. The molecule has 4 aromatic carbocycles. The first-order valence-corrected chi connectivity index (χ1v) is 21.5. The van der Waals surface area contributed by atoms with E-state index in [2.05, 4.69) is 67.3 Å². The molecule has 316 valence electrons. The lowest BCUT2D eigenvalue weighted by Crippen LogP contribution is -2.09. The van der Waals surface area contributed by atoms with E-state index in [1.165, 1.54) is 6.08 Å². The Kier molecular flexibility index (Phi) is 14.2. The van der Waals surface area contributed by atoms with Gasteiger partial charge in [0, 0.05) is 28.7 Å². The summed E-state index contributed by atoms with van der Waals surface area (Å²) in [6.45, 7) is 9.00. The number of furan rings is 2. The van der Waals surface area contributed by atoms with Crippen molar-refractivity contribution in [2.45, 2.75) is 79.1 Å². The normalized spacial score (nSPS) is 11.4. The molecule has 3 heterocycles. The number of benzene rings is 4. The van der Waals surface area contributed by atoms with E-state index in [0.29, 0.717) is 64.2 Å². The van der Waals surface area contributed by atoms with Gasteiger partial charge in [-0.15, -0.1) is 0 Å². The number of anilines is 3. The Morgan fingerprint density at radius 2 is 1.13 bits per heavy atom. The van der Waals surface area contributed by atoms with E-state index in [4.69, 9.17) is 28.3 Å². The first-order chi connectivity index (χ1) is 30.3. The van der Waals surface area contributed by atoms with E-state index in [1.807, 2.05) is 62.4 Å². The second kappa shape index (κ2) is 20.4. The Hall–Kier alpha value is -7.12. The fourth-order valence-corrected chi connectivity index (χ4v) is 7.38. The number of rotatable bonds is 20. The van der Waals surface area contributed by atoms with Crippen molar-refractivity contribution < 1.29 is 28.2 Å². The molecule has 62 heavy (non-hydrogen) atoms. The van der Waals surface area contributed by atoms with Gasteiger partial charge in [-0.2, -0.15) is 5.26 Å². The van der Waals surface area contributed by atoms with Crippen LogP contribution in [0.4, 0.5) is 17.1 Å². The highest BCUT2D eigenvalue weighted by atomic mass is 16.5. The predicted octanol–water partition coefficient (Wildman–Crippen LogP) is 13.8. The molecule has 10 heteroatoms. The lowest BCUT2D eigenvalue weighted by molar-refractivity contribution is -0.132. The smallest absolute Gasteiger partial charge is 0.346 e. The van der Waals surface area contributed by atoms with Crippen molar-refractivity contribution in [3.63, 3.8) is 0 Å². The number of fused-ring (bicyclic) bond motifs is 1. The topological polar surface area (TPSA) is 135 Å². The Balaban J connectivity index is 1.38. The molecule has 0 radical (unpaired) electrons. The Bertz CT molecular complexity index is 2640. The lowest BCUT2D eigenvalue weighted by atomic mass is 10.00. The second-order valence-corrected chi connectivity index (χ2v) is 15.2. The quantitative estimate of drug-likeness (QED) is 0.0449. The van der Waals surface area contributed by atoms with Gasteiger partial charge >= 0.3 is 5.97 Å². The molecule has 7 aromatic rings. The molecule has 0 aliphatic rings. The first kappa shape index (κ1) is 43.0. The van der Waals surface area contributed by atoms with Gasteiger partial charge in [-0.1, -0.05) is 88.8 Å². The maximum Gasteiger partial charge on any atom is 0.346 e. The van der Waals surface area contributed by atoms with Gasteiger partial charge in [-0.25, -0.2) is 14.8 Å². The standard InChI is InChI=1S/C52H52N4O6/c1-5-7-9-17-31-59-50-46(44-28-27-42(61-44)33-38(34-53)52(57)58)48-49(55-36(4)35(3)54-48)47(51(50)60-32-18-10-8-6-2)45-30-29-43(62-45)37-23-25-41(26-24-37)56(39-19-13-11-14-20-39)40-21-15-12-16-22-40/h11-16,19-30,33H,5-10,17-18,31-32H2,1-4H3,(H,57,58)/b38-33+. The van der Waals surface area contributed by atoms with E-state index in [0.717, 1.165) is 85.4 Å².